The lowest BCUT2D eigenvalue weighted by atomic mass is 10.00. The van der Waals surface area contributed by atoms with Gasteiger partial charge in [-0.3, -0.25) is 4.79 Å². The van der Waals surface area contributed by atoms with Crippen molar-refractivity contribution in [2.75, 3.05) is 0 Å². The Morgan fingerprint density at radius 1 is 1.33 bits per heavy atom. The van der Waals surface area contributed by atoms with Crippen LogP contribution in [0.3, 0.4) is 0 Å². The summed E-state index contributed by atoms with van der Waals surface area (Å²) < 4.78 is 5.35. The smallest absolute Gasteiger partial charge is 0.289 e. The Bertz CT molecular complexity index is 457. The Hall–Kier alpha value is -1.36. The van der Waals surface area contributed by atoms with E-state index in [4.69, 9.17) is 4.42 Å². The van der Waals surface area contributed by atoms with Crippen LogP contribution in [0.4, 0.5) is 0 Å². The molecule has 2 saturated heterocycles. The number of carbonyl (C=O) groups is 1. The minimum absolute atomic E-state index is 0.126. The predicted molar refractivity (Wildman–Crippen MR) is 66.4 cm³/mol. The van der Waals surface area contributed by atoms with E-state index in [9.17, 15) is 4.79 Å². The Balaban J connectivity index is 1.66. The van der Waals surface area contributed by atoms with Gasteiger partial charge in [0.05, 0.1) is 5.69 Å². The minimum atomic E-state index is -0.126. The lowest BCUT2D eigenvalue weighted by Gasteiger charge is -2.29. The second-order valence-electron chi connectivity index (χ2n) is 5.43. The third-order valence-corrected chi connectivity index (χ3v) is 3.92. The molecule has 2 N–H and O–H groups in total. The fraction of sp³-hybridized carbons (Fsp3) is 0.692. The number of oxazole rings is 1. The van der Waals surface area contributed by atoms with E-state index in [-0.39, 0.29) is 11.9 Å². The molecule has 0 aromatic carbocycles. The van der Waals surface area contributed by atoms with Gasteiger partial charge >= 0.3 is 0 Å². The van der Waals surface area contributed by atoms with Crippen LogP contribution in [0.25, 0.3) is 0 Å². The number of rotatable bonds is 2. The first kappa shape index (κ1) is 11.7. The Labute approximate surface area is 106 Å². The Kier molecular flexibility index (Phi) is 2.86. The van der Waals surface area contributed by atoms with Crippen molar-refractivity contribution in [3.63, 3.8) is 0 Å². The molecule has 2 aliphatic heterocycles. The fourth-order valence-electron chi connectivity index (χ4n) is 3.17. The average Bonchev–Trinajstić information content (AvgIpc) is 2.81. The molecule has 3 rings (SSSR count). The number of amides is 1. The molecule has 0 aliphatic carbocycles. The summed E-state index contributed by atoms with van der Waals surface area (Å²) in [5.74, 6) is 0.779. The van der Waals surface area contributed by atoms with Crippen molar-refractivity contribution in [3.8, 4) is 0 Å². The fourth-order valence-corrected chi connectivity index (χ4v) is 3.17. The van der Waals surface area contributed by atoms with Gasteiger partial charge < -0.3 is 15.1 Å². The van der Waals surface area contributed by atoms with Gasteiger partial charge in [0.1, 0.15) is 0 Å². The molecule has 0 spiro atoms. The van der Waals surface area contributed by atoms with Crippen molar-refractivity contribution in [1.29, 1.82) is 0 Å². The Morgan fingerprint density at radius 3 is 2.56 bits per heavy atom. The first-order valence-corrected chi connectivity index (χ1v) is 6.63. The second kappa shape index (κ2) is 4.39. The maximum Gasteiger partial charge on any atom is 0.289 e. The molecule has 2 bridgehead atoms. The van der Waals surface area contributed by atoms with E-state index < -0.39 is 0 Å². The first-order valence-electron chi connectivity index (χ1n) is 6.63. The van der Waals surface area contributed by atoms with Crippen molar-refractivity contribution in [1.82, 2.24) is 15.6 Å². The molecular weight excluding hydrogens is 230 g/mol. The summed E-state index contributed by atoms with van der Waals surface area (Å²) in [6.07, 6.45) is 4.51. The second-order valence-corrected chi connectivity index (χ2v) is 5.43. The van der Waals surface area contributed by atoms with Gasteiger partial charge in [-0.15, -0.1) is 0 Å². The third kappa shape index (κ3) is 2.14. The van der Waals surface area contributed by atoms with Crippen LogP contribution < -0.4 is 10.6 Å². The van der Waals surface area contributed by atoms with E-state index in [1.54, 1.807) is 13.8 Å². The zero-order valence-electron chi connectivity index (χ0n) is 10.8. The van der Waals surface area contributed by atoms with Crippen LogP contribution in [0.1, 0.15) is 47.8 Å². The number of aryl methyl sites for hydroxylation is 2. The van der Waals surface area contributed by atoms with E-state index in [1.807, 2.05) is 0 Å². The number of piperidine rings is 1. The lowest BCUT2D eigenvalue weighted by molar-refractivity contribution is 0.0893. The molecule has 98 valence electrons. The molecule has 18 heavy (non-hydrogen) atoms. The van der Waals surface area contributed by atoms with Crippen LogP contribution in [0.15, 0.2) is 4.42 Å². The quantitative estimate of drug-likeness (QED) is 0.829. The highest BCUT2D eigenvalue weighted by atomic mass is 16.4. The summed E-state index contributed by atoms with van der Waals surface area (Å²) >= 11 is 0. The average molecular weight is 249 g/mol. The summed E-state index contributed by atoms with van der Waals surface area (Å²) in [5.41, 5.74) is 0.668. The number of fused-ring (bicyclic) bond motifs is 2. The van der Waals surface area contributed by atoms with Gasteiger partial charge in [0.2, 0.25) is 5.76 Å². The van der Waals surface area contributed by atoms with Crippen LogP contribution >= 0.6 is 0 Å². The van der Waals surface area contributed by atoms with Crippen molar-refractivity contribution in [3.05, 3.63) is 17.3 Å². The Morgan fingerprint density at radius 2 is 2.00 bits per heavy atom. The highest BCUT2D eigenvalue weighted by molar-refractivity contribution is 5.92. The molecule has 5 heteroatoms. The van der Waals surface area contributed by atoms with Crippen LogP contribution in [0, 0.1) is 13.8 Å². The molecule has 2 aliphatic rings. The van der Waals surface area contributed by atoms with Gasteiger partial charge in [-0.2, -0.15) is 0 Å². The van der Waals surface area contributed by atoms with E-state index in [1.165, 1.54) is 12.8 Å². The highest BCUT2D eigenvalue weighted by Crippen LogP contribution is 2.27. The highest BCUT2D eigenvalue weighted by Gasteiger charge is 2.34. The topological polar surface area (TPSA) is 67.2 Å². The zero-order valence-corrected chi connectivity index (χ0v) is 10.8. The molecule has 1 amide bonds. The summed E-state index contributed by atoms with van der Waals surface area (Å²) in [4.78, 5) is 16.2. The van der Waals surface area contributed by atoms with E-state index >= 15 is 0 Å². The number of hydrogen-bond donors (Lipinski definition) is 2. The van der Waals surface area contributed by atoms with Gasteiger partial charge in [-0.05, 0) is 32.6 Å². The van der Waals surface area contributed by atoms with Crippen LogP contribution in [0.5, 0.6) is 0 Å². The van der Waals surface area contributed by atoms with Gasteiger partial charge in [0, 0.05) is 25.0 Å². The lowest BCUT2D eigenvalue weighted by Crippen LogP contribution is -2.48. The number of nitrogens with one attached hydrogen (secondary N) is 2. The van der Waals surface area contributed by atoms with Crippen molar-refractivity contribution < 1.29 is 9.21 Å². The van der Waals surface area contributed by atoms with Crippen LogP contribution in [-0.4, -0.2) is 29.0 Å². The van der Waals surface area contributed by atoms with E-state index in [0.29, 0.717) is 29.4 Å². The molecule has 2 fully saturated rings. The number of carbonyl (C=O) groups excluding carboxylic acids is 1. The summed E-state index contributed by atoms with van der Waals surface area (Å²) in [6.45, 7) is 3.56. The molecular formula is C13H19N3O2. The van der Waals surface area contributed by atoms with Crippen molar-refractivity contribution in [2.45, 2.75) is 57.7 Å². The van der Waals surface area contributed by atoms with Crippen LogP contribution in [0.2, 0.25) is 0 Å². The third-order valence-electron chi connectivity index (χ3n) is 3.92. The van der Waals surface area contributed by atoms with Crippen molar-refractivity contribution >= 4 is 5.91 Å². The maximum absolute atomic E-state index is 12.1. The summed E-state index contributed by atoms with van der Waals surface area (Å²) in [6, 6.07) is 1.42. The number of aromatic nitrogens is 1. The number of nitrogens with zero attached hydrogens (tertiary/aromatic N) is 1. The molecule has 2 unspecified atom stereocenters. The SMILES string of the molecule is Cc1nc(C)c(C(=O)NC2CC3CCC(C2)N3)o1. The van der Waals surface area contributed by atoms with E-state index in [0.717, 1.165) is 12.8 Å². The monoisotopic (exact) mass is 249 g/mol. The number of hydrogen-bond acceptors (Lipinski definition) is 4. The summed E-state index contributed by atoms with van der Waals surface area (Å²) in [5, 5.41) is 6.64. The molecule has 5 nitrogen and oxygen atoms in total. The summed E-state index contributed by atoms with van der Waals surface area (Å²) in [7, 11) is 0. The molecule has 0 saturated carbocycles. The van der Waals surface area contributed by atoms with Gasteiger partial charge in [-0.1, -0.05) is 0 Å². The maximum atomic E-state index is 12.1. The molecule has 1 aromatic heterocycles. The molecule has 0 radical (unpaired) electrons. The van der Waals surface area contributed by atoms with Gasteiger partial charge in [0.15, 0.2) is 5.89 Å². The van der Waals surface area contributed by atoms with Gasteiger partial charge in [-0.25, -0.2) is 4.98 Å². The largest absolute Gasteiger partial charge is 0.436 e. The predicted octanol–water partition coefficient (Wildman–Crippen LogP) is 1.30. The first-order chi connectivity index (χ1) is 8.61. The van der Waals surface area contributed by atoms with E-state index in [2.05, 4.69) is 15.6 Å². The van der Waals surface area contributed by atoms with Gasteiger partial charge in [0.25, 0.3) is 5.91 Å². The minimum Gasteiger partial charge on any atom is -0.436 e. The van der Waals surface area contributed by atoms with Crippen molar-refractivity contribution in [2.24, 2.45) is 0 Å². The molecule has 3 heterocycles. The molecule has 1 aromatic rings. The zero-order chi connectivity index (χ0) is 12.7. The standard InChI is InChI=1S/C13H19N3O2/c1-7-12(18-8(2)14-7)13(17)16-11-5-9-3-4-10(6-11)15-9/h9-11,15H,3-6H2,1-2H3,(H,16,17). The molecule has 2 atom stereocenters. The normalized spacial score (nSPS) is 30.4. The van der Waals surface area contributed by atoms with Crippen LogP contribution in [-0.2, 0) is 0 Å².